The van der Waals surface area contributed by atoms with Crippen molar-refractivity contribution in [2.75, 3.05) is 13.7 Å². The second-order valence-corrected chi connectivity index (χ2v) is 4.03. The van der Waals surface area contributed by atoms with Crippen LogP contribution < -0.4 is 0 Å². The van der Waals surface area contributed by atoms with Crippen LogP contribution in [0.2, 0.25) is 0 Å². The molecule has 0 fully saturated rings. The van der Waals surface area contributed by atoms with Gasteiger partial charge in [0, 0.05) is 7.11 Å². The number of halogens is 1. The van der Waals surface area contributed by atoms with Gasteiger partial charge in [-0.25, -0.2) is 4.39 Å². The number of aliphatic hydroxyl groups excluding tert-OH is 2. The van der Waals surface area contributed by atoms with E-state index in [0.29, 0.717) is 0 Å². The molecule has 0 heterocycles. The summed E-state index contributed by atoms with van der Waals surface area (Å²) in [5.41, 5.74) is -5.07. The monoisotopic (exact) mass is 238 g/mol. The van der Waals surface area contributed by atoms with Crippen LogP contribution in [0.25, 0.3) is 0 Å². The van der Waals surface area contributed by atoms with E-state index in [2.05, 4.69) is 4.74 Å². The Balaban J connectivity index is 5.37. The van der Waals surface area contributed by atoms with Gasteiger partial charge in [-0.3, -0.25) is 0 Å². The molecule has 0 radical (unpaired) electrons. The average molecular weight is 238 g/mol. The molecule has 4 N–H and O–H groups in total. The van der Waals surface area contributed by atoms with Crippen LogP contribution in [-0.4, -0.2) is 51.2 Å². The molecule has 6 heteroatoms. The summed E-state index contributed by atoms with van der Waals surface area (Å²) in [4.78, 5) is 0. The van der Waals surface area contributed by atoms with Crippen molar-refractivity contribution < 1.29 is 29.6 Å². The number of hydrogen-bond donors (Lipinski definition) is 4. The Morgan fingerprint density at radius 1 is 1.31 bits per heavy atom. The summed E-state index contributed by atoms with van der Waals surface area (Å²) in [6.07, 6.45) is 0.837. The van der Waals surface area contributed by atoms with E-state index in [1.807, 2.05) is 0 Å². The largest absolute Gasteiger partial charge is 0.509 e. The van der Waals surface area contributed by atoms with Gasteiger partial charge < -0.3 is 25.2 Å². The van der Waals surface area contributed by atoms with Gasteiger partial charge in [0.2, 0.25) is 0 Å². The molecule has 16 heavy (non-hydrogen) atoms. The highest BCUT2D eigenvalue weighted by atomic mass is 19.1. The van der Waals surface area contributed by atoms with E-state index < -0.39 is 29.4 Å². The fourth-order valence-electron chi connectivity index (χ4n) is 1.17. The number of alkyl halides is 1. The van der Waals surface area contributed by atoms with E-state index in [1.165, 1.54) is 0 Å². The summed E-state index contributed by atoms with van der Waals surface area (Å²) >= 11 is 0. The minimum Gasteiger partial charge on any atom is -0.509 e. The predicted octanol–water partition coefficient (Wildman–Crippen LogP) is 0.255. The quantitative estimate of drug-likeness (QED) is 0.407. The molecule has 96 valence electrons. The lowest BCUT2D eigenvalue weighted by Gasteiger charge is -2.43. The third kappa shape index (κ3) is 2.35. The van der Waals surface area contributed by atoms with Gasteiger partial charge in [-0.05, 0) is 26.8 Å². The van der Waals surface area contributed by atoms with Gasteiger partial charge in [0.05, 0.1) is 6.61 Å². The Hall–Kier alpha value is -0.690. The van der Waals surface area contributed by atoms with Gasteiger partial charge in [0.25, 0.3) is 0 Å². The highest BCUT2D eigenvalue weighted by Crippen LogP contribution is 2.40. The highest BCUT2D eigenvalue weighted by molar-refractivity contribution is 5.18. The molecular weight excluding hydrogens is 219 g/mol. The van der Waals surface area contributed by atoms with Crippen LogP contribution in [0.15, 0.2) is 11.8 Å². The van der Waals surface area contributed by atoms with Crippen molar-refractivity contribution in [3.63, 3.8) is 0 Å². The lowest BCUT2D eigenvalue weighted by molar-refractivity contribution is -0.289. The van der Waals surface area contributed by atoms with Crippen molar-refractivity contribution in [1.82, 2.24) is 0 Å². The minimum atomic E-state index is -2.68. The molecule has 0 aromatic rings. The van der Waals surface area contributed by atoms with Crippen molar-refractivity contribution in [2.24, 2.45) is 0 Å². The van der Waals surface area contributed by atoms with Gasteiger partial charge >= 0.3 is 0 Å². The fraction of sp³-hybridized carbons (Fsp3) is 0.800. The molecule has 0 bridgehead atoms. The first-order valence-electron chi connectivity index (χ1n) is 4.74. The molecule has 0 aliphatic heterocycles. The summed E-state index contributed by atoms with van der Waals surface area (Å²) < 4.78 is 18.8. The average Bonchev–Trinajstić information content (AvgIpc) is 2.17. The standard InChI is InChI=1S/C10H19FO5/c1-8(14,7(13)5-6-12)9(2,11)10(3,15)16-4/h5,12-15H,6H2,1-4H3/b7-5+. The Morgan fingerprint density at radius 3 is 2.06 bits per heavy atom. The maximum atomic E-state index is 14.3. The summed E-state index contributed by atoms with van der Waals surface area (Å²) in [6, 6.07) is 0. The van der Waals surface area contributed by atoms with Crippen LogP contribution in [0.5, 0.6) is 0 Å². The fourth-order valence-corrected chi connectivity index (χ4v) is 1.17. The molecule has 3 unspecified atom stereocenters. The van der Waals surface area contributed by atoms with E-state index in [4.69, 9.17) is 5.11 Å². The summed E-state index contributed by atoms with van der Waals surface area (Å²) in [5.74, 6) is -3.08. The first kappa shape index (κ1) is 15.3. The van der Waals surface area contributed by atoms with E-state index in [-0.39, 0.29) is 0 Å². The van der Waals surface area contributed by atoms with Crippen LogP contribution in [0, 0.1) is 0 Å². The van der Waals surface area contributed by atoms with Crippen LogP contribution in [0.4, 0.5) is 4.39 Å². The van der Waals surface area contributed by atoms with Gasteiger partial charge in [-0.15, -0.1) is 0 Å². The zero-order valence-corrected chi connectivity index (χ0v) is 9.86. The van der Waals surface area contributed by atoms with E-state index in [9.17, 15) is 19.7 Å². The zero-order valence-electron chi connectivity index (χ0n) is 9.86. The van der Waals surface area contributed by atoms with Crippen LogP contribution >= 0.6 is 0 Å². The van der Waals surface area contributed by atoms with E-state index in [1.54, 1.807) is 0 Å². The third-order valence-corrected chi connectivity index (χ3v) is 2.97. The molecule has 0 amide bonds. The molecule has 0 aromatic carbocycles. The molecule has 0 aliphatic rings. The first-order valence-corrected chi connectivity index (χ1v) is 4.74. The molecule has 0 saturated heterocycles. The molecule has 0 spiro atoms. The topological polar surface area (TPSA) is 90.2 Å². The molecule has 0 saturated carbocycles. The number of ether oxygens (including phenoxy) is 1. The predicted molar refractivity (Wildman–Crippen MR) is 55.6 cm³/mol. The van der Waals surface area contributed by atoms with Gasteiger partial charge in [0.1, 0.15) is 5.76 Å². The lowest BCUT2D eigenvalue weighted by atomic mass is 9.79. The molecule has 0 rings (SSSR count). The Bertz CT molecular complexity index is 270. The van der Waals surface area contributed by atoms with E-state index in [0.717, 1.165) is 34.0 Å². The Labute approximate surface area is 93.8 Å². The third-order valence-electron chi connectivity index (χ3n) is 2.97. The van der Waals surface area contributed by atoms with Crippen molar-refractivity contribution in [2.45, 2.75) is 37.8 Å². The second kappa shape index (κ2) is 4.67. The molecular formula is C10H19FO5. The van der Waals surface area contributed by atoms with Gasteiger partial charge in [0.15, 0.2) is 17.1 Å². The number of methoxy groups -OCH3 is 1. The minimum absolute atomic E-state index is 0.562. The van der Waals surface area contributed by atoms with Crippen molar-refractivity contribution in [1.29, 1.82) is 0 Å². The van der Waals surface area contributed by atoms with Crippen LogP contribution in [-0.2, 0) is 4.74 Å². The summed E-state index contributed by atoms with van der Waals surface area (Å²) in [6.45, 7) is 2.32. The van der Waals surface area contributed by atoms with Crippen LogP contribution in [0.1, 0.15) is 20.8 Å². The first-order chi connectivity index (χ1) is 7.04. The van der Waals surface area contributed by atoms with Crippen LogP contribution in [0.3, 0.4) is 0 Å². The molecule has 0 aromatic heterocycles. The smallest absolute Gasteiger partial charge is 0.200 e. The molecule has 3 atom stereocenters. The van der Waals surface area contributed by atoms with E-state index >= 15 is 0 Å². The maximum Gasteiger partial charge on any atom is 0.200 e. The van der Waals surface area contributed by atoms with Crippen molar-refractivity contribution in [3.8, 4) is 0 Å². The zero-order chi connectivity index (χ0) is 13.2. The lowest BCUT2D eigenvalue weighted by Crippen LogP contribution is -2.62. The SMILES string of the molecule is COC(C)(O)C(C)(F)C(C)(O)/C(O)=C\CO. The maximum absolute atomic E-state index is 14.3. The van der Waals surface area contributed by atoms with Gasteiger partial charge in [-0.1, -0.05) is 0 Å². The molecule has 5 nitrogen and oxygen atoms in total. The highest BCUT2D eigenvalue weighted by Gasteiger charge is 2.59. The molecule has 0 aliphatic carbocycles. The summed E-state index contributed by atoms with van der Waals surface area (Å²) in [7, 11) is 1.07. The number of hydrogen-bond acceptors (Lipinski definition) is 5. The Morgan fingerprint density at radius 2 is 1.75 bits per heavy atom. The number of rotatable bonds is 5. The normalized spacial score (nSPS) is 24.4. The number of aliphatic hydroxyl groups is 4. The Kier molecular flexibility index (Phi) is 4.46. The summed E-state index contributed by atoms with van der Waals surface area (Å²) in [5, 5.41) is 37.5. The van der Waals surface area contributed by atoms with Gasteiger partial charge in [-0.2, -0.15) is 0 Å². The van der Waals surface area contributed by atoms with Crippen molar-refractivity contribution in [3.05, 3.63) is 11.8 Å². The second-order valence-electron chi connectivity index (χ2n) is 4.03. The van der Waals surface area contributed by atoms with Crippen molar-refractivity contribution >= 4 is 0 Å².